The number of hydrogen-bond donors (Lipinski definition) is 3. The highest BCUT2D eigenvalue weighted by molar-refractivity contribution is 5.82. The van der Waals surface area contributed by atoms with E-state index in [0.717, 1.165) is 12.8 Å². The zero-order chi connectivity index (χ0) is 25.0. The standard InChI is InChI=1S/C21H25F3N6O4/c1-3-5-6-7-8-13-28-18(25)15-19(29-13)30(10-26-15)12-9-11(27-14(31)4-2)16(32)17(12)34-20(33)21(22,23)24/h10-12,16-17,32H,3-6,9H2,1-2H3,(H,27,31)(H2,25,28,29)/t11-,12?,16+,17?/m0/s1. The average Bonchev–Trinajstić information content (AvgIpc) is 3.32. The molecule has 10 nitrogen and oxygen atoms in total. The molecule has 0 aliphatic heterocycles. The van der Waals surface area contributed by atoms with Crippen molar-refractivity contribution in [2.24, 2.45) is 0 Å². The van der Waals surface area contributed by atoms with E-state index < -0.39 is 42.3 Å². The van der Waals surface area contributed by atoms with Gasteiger partial charge in [-0.2, -0.15) is 13.2 Å². The fraction of sp³-hybridized carbons (Fsp3) is 0.571. The lowest BCUT2D eigenvalue weighted by Crippen LogP contribution is -2.45. The van der Waals surface area contributed by atoms with E-state index in [0.29, 0.717) is 6.42 Å². The van der Waals surface area contributed by atoms with Crippen molar-refractivity contribution in [3.05, 3.63) is 12.2 Å². The van der Waals surface area contributed by atoms with Gasteiger partial charge in [0.1, 0.15) is 11.6 Å². The van der Waals surface area contributed by atoms with Crippen molar-refractivity contribution in [2.75, 3.05) is 5.73 Å². The van der Waals surface area contributed by atoms with Crippen LogP contribution in [0.1, 0.15) is 57.8 Å². The molecule has 2 unspecified atom stereocenters. The van der Waals surface area contributed by atoms with E-state index in [1.807, 2.05) is 6.92 Å². The Labute approximate surface area is 193 Å². The number of aromatic nitrogens is 4. The number of carbonyl (C=O) groups is 2. The van der Waals surface area contributed by atoms with Gasteiger partial charge in [-0.1, -0.05) is 26.2 Å². The molecule has 0 saturated heterocycles. The second-order valence-corrected chi connectivity index (χ2v) is 7.85. The number of anilines is 1. The summed E-state index contributed by atoms with van der Waals surface area (Å²) in [5.74, 6) is 2.97. The number of carbonyl (C=O) groups excluding carboxylic acids is 2. The number of aliphatic hydroxyl groups is 1. The van der Waals surface area contributed by atoms with Gasteiger partial charge in [0.2, 0.25) is 11.7 Å². The summed E-state index contributed by atoms with van der Waals surface area (Å²) < 4.78 is 44.7. The van der Waals surface area contributed by atoms with Crippen LogP contribution in [0.15, 0.2) is 6.33 Å². The number of amides is 1. The number of hydrogen-bond acceptors (Lipinski definition) is 8. The predicted octanol–water partition coefficient (Wildman–Crippen LogP) is 1.62. The van der Waals surface area contributed by atoms with E-state index in [9.17, 15) is 27.9 Å². The Hall–Kier alpha value is -3.40. The topological polar surface area (TPSA) is 145 Å². The fourth-order valence-corrected chi connectivity index (χ4v) is 3.70. The Morgan fingerprint density at radius 1 is 1.35 bits per heavy atom. The molecule has 0 spiro atoms. The molecular formula is C21H25F3N6O4. The number of halogens is 3. The molecule has 0 radical (unpaired) electrons. The van der Waals surface area contributed by atoms with E-state index in [4.69, 9.17) is 5.73 Å². The summed E-state index contributed by atoms with van der Waals surface area (Å²) in [6.45, 7) is 3.61. The molecule has 4 atom stereocenters. The summed E-state index contributed by atoms with van der Waals surface area (Å²) in [6, 6.07) is -1.99. The highest BCUT2D eigenvalue weighted by Gasteiger charge is 2.51. The van der Waals surface area contributed by atoms with Crippen LogP contribution in [0.5, 0.6) is 0 Å². The monoisotopic (exact) mass is 482 g/mol. The van der Waals surface area contributed by atoms with E-state index in [2.05, 4.69) is 36.8 Å². The number of nitrogen functional groups attached to an aromatic ring is 1. The van der Waals surface area contributed by atoms with E-state index in [1.54, 1.807) is 6.92 Å². The van der Waals surface area contributed by atoms with Crippen LogP contribution in [0.3, 0.4) is 0 Å². The first-order valence-electron chi connectivity index (χ1n) is 10.8. The number of nitrogens with one attached hydrogen (secondary N) is 1. The number of fused-ring (bicyclic) bond motifs is 1. The molecule has 2 aromatic rings. The zero-order valence-corrected chi connectivity index (χ0v) is 18.6. The third-order valence-corrected chi connectivity index (χ3v) is 5.43. The first-order valence-corrected chi connectivity index (χ1v) is 10.8. The smallest absolute Gasteiger partial charge is 0.451 e. The Morgan fingerprint density at radius 2 is 2.09 bits per heavy atom. The van der Waals surface area contributed by atoms with Crippen LogP contribution in [0.2, 0.25) is 0 Å². The Bertz CT molecular complexity index is 1120. The van der Waals surface area contributed by atoms with E-state index in [1.165, 1.54) is 10.9 Å². The average molecular weight is 482 g/mol. The highest BCUT2D eigenvalue weighted by Crippen LogP contribution is 2.37. The molecule has 1 amide bonds. The molecular weight excluding hydrogens is 457 g/mol. The van der Waals surface area contributed by atoms with Gasteiger partial charge in [-0.05, 0) is 18.8 Å². The van der Waals surface area contributed by atoms with Crippen molar-refractivity contribution in [3.8, 4) is 11.8 Å². The van der Waals surface area contributed by atoms with Gasteiger partial charge < -0.3 is 25.5 Å². The molecule has 184 valence electrons. The fourth-order valence-electron chi connectivity index (χ4n) is 3.70. The number of imidazole rings is 1. The van der Waals surface area contributed by atoms with Crippen LogP contribution in [-0.2, 0) is 14.3 Å². The molecule has 0 bridgehead atoms. The van der Waals surface area contributed by atoms with Gasteiger partial charge >= 0.3 is 12.1 Å². The number of nitrogens with zero attached hydrogens (tertiary/aromatic N) is 4. The molecule has 4 N–H and O–H groups in total. The lowest BCUT2D eigenvalue weighted by Gasteiger charge is -2.24. The van der Waals surface area contributed by atoms with Crippen LogP contribution >= 0.6 is 0 Å². The molecule has 2 heterocycles. The molecule has 1 fully saturated rings. The molecule has 0 aromatic carbocycles. The summed E-state index contributed by atoms with van der Waals surface area (Å²) in [6.07, 6.45) is -4.71. The number of esters is 1. The first-order chi connectivity index (χ1) is 16.1. The summed E-state index contributed by atoms with van der Waals surface area (Å²) in [7, 11) is 0. The minimum atomic E-state index is -5.26. The molecule has 2 aromatic heterocycles. The van der Waals surface area contributed by atoms with Crippen LogP contribution in [-0.4, -0.2) is 60.9 Å². The van der Waals surface area contributed by atoms with Crippen molar-refractivity contribution in [2.45, 2.75) is 76.4 Å². The maximum atomic E-state index is 12.9. The first kappa shape index (κ1) is 25.2. The number of alkyl halides is 3. The molecule has 1 aliphatic carbocycles. The van der Waals surface area contributed by atoms with Gasteiger partial charge in [0.25, 0.3) is 0 Å². The quantitative estimate of drug-likeness (QED) is 0.320. The van der Waals surface area contributed by atoms with Crippen LogP contribution < -0.4 is 11.1 Å². The predicted molar refractivity (Wildman–Crippen MR) is 114 cm³/mol. The van der Waals surface area contributed by atoms with E-state index in [-0.39, 0.29) is 35.6 Å². The SMILES string of the molecule is CCCCC#Cc1nc(N)c2ncn(C3C[C@H](NC(=O)CC)[C@@H](O)C3OC(=O)C(F)(F)F)c2n1. The highest BCUT2D eigenvalue weighted by atomic mass is 19.4. The molecule has 34 heavy (non-hydrogen) atoms. The summed E-state index contributed by atoms with van der Waals surface area (Å²) in [4.78, 5) is 36.0. The van der Waals surface area contributed by atoms with Gasteiger partial charge in [0, 0.05) is 12.8 Å². The maximum Gasteiger partial charge on any atom is 0.490 e. The Morgan fingerprint density at radius 3 is 2.74 bits per heavy atom. The summed E-state index contributed by atoms with van der Waals surface area (Å²) in [5.41, 5.74) is 6.30. The largest absolute Gasteiger partial charge is 0.490 e. The van der Waals surface area contributed by atoms with Gasteiger partial charge in [0.05, 0.1) is 18.4 Å². The van der Waals surface area contributed by atoms with Gasteiger partial charge in [-0.25, -0.2) is 19.7 Å². The normalized spacial score (nSPS) is 22.3. The Balaban J connectivity index is 2.01. The third kappa shape index (κ3) is 5.39. The van der Waals surface area contributed by atoms with E-state index >= 15 is 0 Å². The molecule has 13 heteroatoms. The van der Waals surface area contributed by atoms with Crippen LogP contribution in [0.4, 0.5) is 19.0 Å². The van der Waals surface area contributed by atoms with Crippen molar-refractivity contribution in [1.29, 1.82) is 0 Å². The van der Waals surface area contributed by atoms with Crippen molar-refractivity contribution < 1.29 is 32.6 Å². The number of rotatable bonds is 6. The van der Waals surface area contributed by atoms with Crippen molar-refractivity contribution in [3.63, 3.8) is 0 Å². The number of nitrogens with two attached hydrogens (primary N) is 1. The second-order valence-electron chi connectivity index (χ2n) is 7.85. The lowest BCUT2D eigenvalue weighted by atomic mass is 10.2. The summed E-state index contributed by atoms with van der Waals surface area (Å²) in [5, 5.41) is 13.2. The van der Waals surface area contributed by atoms with Gasteiger partial charge in [0.15, 0.2) is 17.6 Å². The number of aliphatic hydroxyl groups excluding tert-OH is 1. The molecule has 1 aliphatic rings. The number of unbranched alkanes of at least 4 members (excludes halogenated alkanes) is 2. The summed E-state index contributed by atoms with van der Waals surface area (Å²) >= 11 is 0. The number of ether oxygens (including phenoxy) is 1. The minimum Gasteiger partial charge on any atom is -0.451 e. The maximum absolute atomic E-state index is 12.9. The van der Waals surface area contributed by atoms with Crippen LogP contribution in [0.25, 0.3) is 11.2 Å². The minimum absolute atomic E-state index is 0.0155. The van der Waals surface area contributed by atoms with Crippen molar-refractivity contribution >= 4 is 28.9 Å². The lowest BCUT2D eigenvalue weighted by molar-refractivity contribution is -0.209. The van der Waals surface area contributed by atoms with Crippen molar-refractivity contribution in [1.82, 2.24) is 24.8 Å². The third-order valence-electron chi connectivity index (χ3n) is 5.43. The second kappa shape index (κ2) is 10.3. The van der Waals surface area contributed by atoms with Crippen LogP contribution in [0, 0.1) is 11.8 Å². The zero-order valence-electron chi connectivity index (χ0n) is 18.6. The Kier molecular flexibility index (Phi) is 7.61. The molecule has 1 saturated carbocycles. The molecule has 3 rings (SSSR count). The van der Waals surface area contributed by atoms with Gasteiger partial charge in [-0.15, -0.1) is 0 Å². The van der Waals surface area contributed by atoms with Gasteiger partial charge in [-0.3, -0.25) is 4.79 Å².